The molecule has 0 unspecified atom stereocenters. The molecule has 0 amide bonds. The van der Waals surface area contributed by atoms with Crippen molar-refractivity contribution in [3.63, 3.8) is 0 Å². The first-order valence-electron chi connectivity index (χ1n) is 5.78. The van der Waals surface area contributed by atoms with Crippen LogP contribution in [0.2, 0.25) is 0 Å². The van der Waals surface area contributed by atoms with Gasteiger partial charge in [-0.15, -0.1) is 6.42 Å². The van der Waals surface area contributed by atoms with Gasteiger partial charge in [0.15, 0.2) is 0 Å². The molecule has 0 bridgehead atoms. The molecule has 6 heteroatoms. The van der Waals surface area contributed by atoms with Crippen LogP contribution in [-0.2, 0) is 13.5 Å². The summed E-state index contributed by atoms with van der Waals surface area (Å²) in [6.07, 6.45) is 6.76. The van der Waals surface area contributed by atoms with Crippen LogP contribution < -0.4 is 5.32 Å². The summed E-state index contributed by atoms with van der Waals surface area (Å²) in [6, 6.07) is 0. The van der Waals surface area contributed by atoms with Gasteiger partial charge in [0, 0.05) is 7.05 Å². The van der Waals surface area contributed by atoms with Crippen molar-refractivity contribution >= 4 is 11.5 Å². The predicted molar refractivity (Wildman–Crippen MR) is 70.4 cm³/mol. The van der Waals surface area contributed by atoms with E-state index in [-0.39, 0.29) is 5.69 Å². The maximum Gasteiger partial charge on any atom is 0.334 e. The third-order valence-electron chi connectivity index (χ3n) is 2.55. The molecule has 0 aromatic carbocycles. The molecule has 0 saturated carbocycles. The average molecular weight is 250 g/mol. The molecule has 1 rings (SSSR count). The van der Waals surface area contributed by atoms with E-state index in [1.54, 1.807) is 20.9 Å². The van der Waals surface area contributed by atoms with E-state index in [4.69, 9.17) is 6.42 Å². The van der Waals surface area contributed by atoms with Crippen LogP contribution >= 0.6 is 0 Å². The van der Waals surface area contributed by atoms with Crippen LogP contribution in [0.4, 0.5) is 11.5 Å². The Bertz CT molecular complexity index is 497. The number of nitrogens with one attached hydrogen (secondary N) is 1. The summed E-state index contributed by atoms with van der Waals surface area (Å²) in [4.78, 5) is 10.8. The Balaban J connectivity index is 3.26. The number of hydrogen-bond donors (Lipinski definition) is 1. The molecule has 1 aromatic heterocycles. The molecular weight excluding hydrogens is 232 g/mol. The van der Waals surface area contributed by atoms with Gasteiger partial charge in [0.1, 0.15) is 5.69 Å². The highest BCUT2D eigenvalue weighted by atomic mass is 16.6. The number of aryl methyl sites for hydroxylation is 2. The number of anilines is 1. The van der Waals surface area contributed by atoms with Gasteiger partial charge in [-0.3, -0.25) is 10.1 Å². The van der Waals surface area contributed by atoms with Gasteiger partial charge in [-0.25, -0.2) is 4.68 Å². The largest absolute Gasteiger partial charge is 0.349 e. The second-order valence-electron chi connectivity index (χ2n) is 4.67. The van der Waals surface area contributed by atoms with Gasteiger partial charge >= 0.3 is 5.69 Å². The van der Waals surface area contributed by atoms with E-state index < -0.39 is 10.5 Å². The molecule has 0 aliphatic heterocycles. The van der Waals surface area contributed by atoms with Crippen LogP contribution in [0.25, 0.3) is 0 Å². The minimum absolute atomic E-state index is 0.0164. The number of terminal acetylenes is 1. The standard InChI is InChI=1S/C12H18N4O2/c1-6-8-9-10(16(17)18)11(15(5)14-9)13-12(3,4)7-2/h2,13H,6,8H2,1,3-5H3. The summed E-state index contributed by atoms with van der Waals surface area (Å²) in [7, 11) is 1.67. The number of nitro groups is 1. The van der Waals surface area contributed by atoms with Gasteiger partial charge in [0.05, 0.1) is 10.5 Å². The van der Waals surface area contributed by atoms with Gasteiger partial charge in [-0.05, 0) is 20.3 Å². The van der Waals surface area contributed by atoms with Crippen molar-refractivity contribution in [1.29, 1.82) is 0 Å². The van der Waals surface area contributed by atoms with E-state index >= 15 is 0 Å². The summed E-state index contributed by atoms with van der Waals surface area (Å²) in [5.74, 6) is 2.90. The third kappa shape index (κ3) is 2.80. The molecule has 0 spiro atoms. The summed E-state index contributed by atoms with van der Waals surface area (Å²) in [6.45, 7) is 5.52. The van der Waals surface area contributed by atoms with Crippen molar-refractivity contribution in [2.75, 3.05) is 5.32 Å². The first-order chi connectivity index (χ1) is 8.32. The van der Waals surface area contributed by atoms with Crippen LogP contribution in [0, 0.1) is 22.5 Å². The van der Waals surface area contributed by atoms with Crippen molar-refractivity contribution in [2.24, 2.45) is 7.05 Å². The van der Waals surface area contributed by atoms with E-state index in [9.17, 15) is 10.1 Å². The van der Waals surface area contributed by atoms with Gasteiger partial charge < -0.3 is 5.32 Å². The monoisotopic (exact) mass is 250 g/mol. The average Bonchev–Trinajstić information content (AvgIpc) is 2.55. The maximum absolute atomic E-state index is 11.2. The molecule has 0 aliphatic rings. The van der Waals surface area contributed by atoms with Gasteiger partial charge in [-0.1, -0.05) is 19.3 Å². The summed E-state index contributed by atoms with van der Waals surface area (Å²) >= 11 is 0. The van der Waals surface area contributed by atoms with Gasteiger partial charge in [0.2, 0.25) is 5.82 Å². The zero-order valence-corrected chi connectivity index (χ0v) is 11.1. The Morgan fingerprint density at radius 3 is 2.67 bits per heavy atom. The first kappa shape index (κ1) is 14.0. The Morgan fingerprint density at radius 1 is 1.61 bits per heavy atom. The molecule has 1 aromatic rings. The van der Waals surface area contributed by atoms with Crippen molar-refractivity contribution in [3.05, 3.63) is 15.8 Å². The lowest BCUT2D eigenvalue weighted by molar-refractivity contribution is -0.384. The fraction of sp³-hybridized carbons (Fsp3) is 0.583. The van der Waals surface area contributed by atoms with Crippen LogP contribution in [0.15, 0.2) is 0 Å². The van der Waals surface area contributed by atoms with Crippen LogP contribution in [0.1, 0.15) is 32.9 Å². The fourth-order valence-electron chi connectivity index (χ4n) is 1.64. The molecule has 0 aliphatic carbocycles. The molecule has 0 saturated heterocycles. The SMILES string of the molecule is C#CC(C)(C)Nc1c([N+](=O)[O-])c(CCC)nn1C. The molecule has 98 valence electrons. The lowest BCUT2D eigenvalue weighted by atomic mass is 10.1. The van der Waals surface area contributed by atoms with E-state index in [2.05, 4.69) is 16.3 Å². The summed E-state index contributed by atoms with van der Waals surface area (Å²) in [5, 5.41) is 18.3. The van der Waals surface area contributed by atoms with Crippen molar-refractivity contribution < 1.29 is 4.92 Å². The van der Waals surface area contributed by atoms with Crippen LogP contribution in [0.5, 0.6) is 0 Å². The number of hydrogen-bond acceptors (Lipinski definition) is 4. The zero-order chi connectivity index (χ0) is 13.9. The third-order valence-corrected chi connectivity index (χ3v) is 2.55. The fourth-order valence-corrected chi connectivity index (χ4v) is 1.64. The van der Waals surface area contributed by atoms with Crippen molar-refractivity contribution in [1.82, 2.24) is 9.78 Å². The molecule has 1 N–H and O–H groups in total. The highest BCUT2D eigenvalue weighted by Crippen LogP contribution is 2.30. The topological polar surface area (TPSA) is 73.0 Å². The second-order valence-corrected chi connectivity index (χ2v) is 4.67. The van der Waals surface area contributed by atoms with Gasteiger partial charge in [-0.2, -0.15) is 5.10 Å². The van der Waals surface area contributed by atoms with Crippen LogP contribution in [-0.4, -0.2) is 20.2 Å². The van der Waals surface area contributed by atoms with Gasteiger partial charge in [0.25, 0.3) is 0 Å². The number of aromatic nitrogens is 2. The lowest BCUT2D eigenvalue weighted by Crippen LogP contribution is -2.30. The molecule has 18 heavy (non-hydrogen) atoms. The van der Waals surface area contributed by atoms with E-state index in [1.807, 2.05) is 6.92 Å². The minimum atomic E-state index is -0.665. The molecule has 6 nitrogen and oxygen atoms in total. The van der Waals surface area contributed by atoms with E-state index in [1.165, 1.54) is 4.68 Å². The lowest BCUT2D eigenvalue weighted by Gasteiger charge is -2.20. The molecule has 0 radical (unpaired) electrons. The zero-order valence-electron chi connectivity index (χ0n) is 11.1. The van der Waals surface area contributed by atoms with E-state index in [0.29, 0.717) is 17.9 Å². The van der Waals surface area contributed by atoms with Crippen molar-refractivity contribution in [3.8, 4) is 12.3 Å². The smallest absolute Gasteiger partial charge is 0.334 e. The Hall–Kier alpha value is -2.03. The number of nitrogens with zero attached hydrogens (tertiary/aromatic N) is 3. The summed E-state index contributed by atoms with van der Waals surface area (Å²) < 4.78 is 1.47. The summed E-state index contributed by atoms with van der Waals surface area (Å²) in [5.41, 5.74) is -0.162. The maximum atomic E-state index is 11.2. The Labute approximate surface area is 107 Å². The normalized spacial score (nSPS) is 11.1. The quantitative estimate of drug-likeness (QED) is 0.493. The Morgan fingerprint density at radius 2 is 2.22 bits per heavy atom. The molecule has 1 heterocycles. The molecule has 0 atom stereocenters. The second kappa shape index (κ2) is 5.08. The first-order valence-corrected chi connectivity index (χ1v) is 5.78. The van der Waals surface area contributed by atoms with Crippen LogP contribution in [0.3, 0.4) is 0 Å². The highest BCUT2D eigenvalue weighted by Gasteiger charge is 2.29. The highest BCUT2D eigenvalue weighted by molar-refractivity contribution is 5.61. The van der Waals surface area contributed by atoms with E-state index in [0.717, 1.165) is 6.42 Å². The number of rotatable bonds is 5. The predicted octanol–water partition coefficient (Wildman–Crippen LogP) is 2.10. The molecule has 0 fully saturated rings. The minimum Gasteiger partial charge on any atom is -0.349 e. The molecular formula is C12H18N4O2. The Kier molecular flexibility index (Phi) is 3.96. The van der Waals surface area contributed by atoms with Crippen molar-refractivity contribution in [2.45, 2.75) is 39.2 Å².